The Bertz CT molecular complexity index is 775. The van der Waals surface area contributed by atoms with Gasteiger partial charge in [0.15, 0.2) is 0 Å². The summed E-state index contributed by atoms with van der Waals surface area (Å²) >= 11 is 6.08. The van der Waals surface area contributed by atoms with Crippen molar-refractivity contribution in [2.45, 2.75) is 26.1 Å². The topological polar surface area (TPSA) is 79.3 Å². The highest BCUT2D eigenvalue weighted by molar-refractivity contribution is 6.33. The molecule has 2 aromatic rings. The molecule has 140 valence electrons. The van der Waals surface area contributed by atoms with Crippen LogP contribution < -0.4 is 0 Å². The van der Waals surface area contributed by atoms with Crippen LogP contribution in [-0.4, -0.2) is 74.3 Å². The smallest absolute Gasteiger partial charge is 0.273 e. The molecule has 0 saturated carbocycles. The highest BCUT2D eigenvalue weighted by atomic mass is 35.5. The van der Waals surface area contributed by atoms with Gasteiger partial charge in [-0.05, 0) is 6.92 Å². The van der Waals surface area contributed by atoms with Crippen molar-refractivity contribution in [3.05, 3.63) is 35.1 Å². The lowest BCUT2D eigenvalue weighted by molar-refractivity contribution is 0.0399. The average Bonchev–Trinajstić information content (AvgIpc) is 3.14. The van der Waals surface area contributed by atoms with Crippen LogP contribution in [0.2, 0.25) is 5.02 Å². The number of fused-ring (bicyclic) bond motifs is 3. The summed E-state index contributed by atoms with van der Waals surface area (Å²) in [6.45, 7) is 7.21. The molecule has 2 atom stereocenters. The summed E-state index contributed by atoms with van der Waals surface area (Å²) in [5.74, 6) is 1.22. The highest BCUT2D eigenvalue weighted by Gasteiger charge is 2.36. The molecule has 0 unspecified atom stereocenters. The van der Waals surface area contributed by atoms with Crippen LogP contribution in [0.15, 0.2) is 18.6 Å². The van der Waals surface area contributed by atoms with Crippen LogP contribution in [0.25, 0.3) is 0 Å². The van der Waals surface area contributed by atoms with Crippen LogP contribution >= 0.6 is 11.6 Å². The molecule has 2 fully saturated rings. The van der Waals surface area contributed by atoms with Gasteiger partial charge in [-0.1, -0.05) is 11.6 Å². The summed E-state index contributed by atoms with van der Waals surface area (Å²) in [4.78, 5) is 21.7. The van der Waals surface area contributed by atoms with Crippen molar-refractivity contribution >= 4 is 17.5 Å². The van der Waals surface area contributed by atoms with Gasteiger partial charge in [-0.25, -0.2) is 4.98 Å². The normalized spacial score (nSPS) is 23.8. The second-order valence-corrected chi connectivity index (χ2v) is 7.33. The molecule has 2 saturated heterocycles. The van der Waals surface area contributed by atoms with Gasteiger partial charge in [0.2, 0.25) is 0 Å². The standard InChI is InChI=1S/C17H23ClN6O2/c1-2-22-4-3-19-15(22)9-23-6-12-7-24(8-13(23)11-26-10-12)17(25)16-14(18)5-20-21-16/h3-5,12-13H,2,6-11H2,1H3,(H,20,21)/t12-,13+/m1/s1. The van der Waals surface area contributed by atoms with Crippen molar-refractivity contribution in [3.63, 3.8) is 0 Å². The van der Waals surface area contributed by atoms with Crippen molar-refractivity contribution in [2.75, 3.05) is 32.8 Å². The van der Waals surface area contributed by atoms with E-state index >= 15 is 0 Å². The predicted octanol–water partition coefficient (Wildman–Crippen LogP) is 1.25. The zero-order valence-corrected chi connectivity index (χ0v) is 15.5. The number of hydrogen-bond donors (Lipinski definition) is 1. The molecule has 8 nitrogen and oxygen atoms in total. The number of aromatic amines is 1. The predicted molar refractivity (Wildman–Crippen MR) is 95.9 cm³/mol. The Balaban J connectivity index is 1.54. The number of halogens is 1. The van der Waals surface area contributed by atoms with Crippen LogP contribution in [0, 0.1) is 5.92 Å². The van der Waals surface area contributed by atoms with Crippen molar-refractivity contribution < 1.29 is 9.53 Å². The maximum Gasteiger partial charge on any atom is 0.273 e. The highest BCUT2D eigenvalue weighted by Crippen LogP contribution is 2.24. The summed E-state index contributed by atoms with van der Waals surface area (Å²) in [5.41, 5.74) is 0.362. The van der Waals surface area contributed by atoms with Crippen LogP contribution in [0.3, 0.4) is 0 Å². The van der Waals surface area contributed by atoms with E-state index in [2.05, 4.69) is 31.6 Å². The first-order valence-electron chi connectivity index (χ1n) is 8.95. The zero-order valence-electron chi connectivity index (χ0n) is 14.8. The van der Waals surface area contributed by atoms with Gasteiger partial charge in [0.25, 0.3) is 5.91 Å². The molecular formula is C17H23ClN6O2. The zero-order chi connectivity index (χ0) is 18.1. The van der Waals surface area contributed by atoms with Gasteiger partial charge in [-0.15, -0.1) is 0 Å². The molecule has 2 aromatic heterocycles. The number of carbonyl (C=O) groups is 1. The molecule has 0 aliphatic carbocycles. The van der Waals surface area contributed by atoms with Gasteiger partial charge < -0.3 is 14.2 Å². The molecule has 4 rings (SSSR count). The fraction of sp³-hybridized carbons (Fsp3) is 0.588. The molecule has 1 amide bonds. The fourth-order valence-corrected chi connectivity index (χ4v) is 4.00. The first kappa shape index (κ1) is 17.5. The Hall–Kier alpha value is -1.90. The second kappa shape index (κ2) is 7.38. The van der Waals surface area contributed by atoms with E-state index in [-0.39, 0.29) is 17.9 Å². The monoisotopic (exact) mass is 378 g/mol. The first-order chi connectivity index (χ1) is 12.7. The van der Waals surface area contributed by atoms with Crippen molar-refractivity contribution in [1.29, 1.82) is 0 Å². The minimum absolute atomic E-state index is 0.0960. The summed E-state index contributed by atoms with van der Waals surface area (Å²) in [7, 11) is 0. The molecule has 1 N–H and O–H groups in total. The van der Waals surface area contributed by atoms with Gasteiger partial charge in [0.1, 0.15) is 11.5 Å². The summed E-state index contributed by atoms with van der Waals surface area (Å²) in [5, 5.41) is 6.95. The van der Waals surface area contributed by atoms with Crippen molar-refractivity contribution in [3.8, 4) is 0 Å². The third-order valence-corrected chi connectivity index (χ3v) is 5.45. The number of nitrogens with one attached hydrogen (secondary N) is 1. The molecule has 0 aromatic carbocycles. The number of nitrogens with zero attached hydrogens (tertiary/aromatic N) is 5. The molecule has 0 spiro atoms. The molecule has 0 radical (unpaired) electrons. The lowest BCUT2D eigenvalue weighted by atomic mass is 10.1. The average molecular weight is 379 g/mol. The summed E-state index contributed by atoms with van der Waals surface area (Å²) < 4.78 is 8.01. The van der Waals surface area contributed by atoms with Gasteiger partial charge in [0, 0.05) is 44.5 Å². The minimum atomic E-state index is -0.0960. The van der Waals surface area contributed by atoms with E-state index in [1.54, 1.807) is 0 Å². The van der Waals surface area contributed by atoms with Gasteiger partial charge in [-0.3, -0.25) is 14.8 Å². The van der Waals surface area contributed by atoms with Crippen molar-refractivity contribution in [1.82, 2.24) is 29.5 Å². The largest absolute Gasteiger partial charge is 0.379 e. The van der Waals surface area contributed by atoms with Gasteiger partial charge in [0.05, 0.1) is 37.0 Å². The Kier molecular flexibility index (Phi) is 4.97. The number of rotatable bonds is 4. The maximum absolute atomic E-state index is 12.9. The molecular weight excluding hydrogens is 356 g/mol. The maximum atomic E-state index is 12.9. The van der Waals surface area contributed by atoms with Crippen molar-refractivity contribution in [2.24, 2.45) is 5.92 Å². The summed E-state index contributed by atoms with van der Waals surface area (Å²) in [6.07, 6.45) is 5.31. The fourth-order valence-electron chi connectivity index (χ4n) is 3.83. The van der Waals surface area contributed by atoms with E-state index < -0.39 is 0 Å². The van der Waals surface area contributed by atoms with E-state index in [0.29, 0.717) is 37.0 Å². The molecule has 4 heterocycles. The SMILES string of the molecule is CCn1ccnc1CN1C[C@H]2COC[C@@H]1CN(C(=O)c1[nH]ncc1Cl)C2. The quantitative estimate of drug-likeness (QED) is 0.866. The van der Waals surface area contributed by atoms with E-state index in [0.717, 1.165) is 25.5 Å². The number of hydrogen-bond acceptors (Lipinski definition) is 5. The lowest BCUT2D eigenvalue weighted by Crippen LogP contribution is -2.46. The first-order valence-corrected chi connectivity index (χ1v) is 9.33. The summed E-state index contributed by atoms with van der Waals surface area (Å²) in [6, 6.07) is 0.134. The molecule has 9 heteroatoms. The number of ether oxygens (including phenoxy) is 1. The number of H-pyrrole nitrogens is 1. The van der Waals surface area contributed by atoms with Crippen LogP contribution in [0.5, 0.6) is 0 Å². The number of aromatic nitrogens is 4. The number of aryl methyl sites for hydroxylation is 1. The van der Waals surface area contributed by atoms with Crippen LogP contribution in [-0.2, 0) is 17.8 Å². The Morgan fingerprint density at radius 2 is 2.27 bits per heavy atom. The Morgan fingerprint density at radius 3 is 3.04 bits per heavy atom. The Labute approximate surface area is 157 Å². The van der Waals surface area contributed by atoms with Crippen LogP contribution in [0.4, 0.5) is 0 Å². The minimum Gasteiger partial charge on any atom is -0.379 e. The molecule has 26 heavy (non-hydrogen) atoms. The molecule has 2 bridgehead atoms. The Morgan fingerprint density at radius 1 is 1.38 bits per heavy atom. The van der Waals surface area contributed by atoms with Gasteiger partial charge >= 0.3 is 0 Å². The second-order valence-electron chi connectivity index (χ2n) is 6.92. The third kappa shape index (κ3) is 3.36. The molecule has 2 aliphatic heterocycles. The lowest BCUT2D eigenvalue weighted by Gasteiger charge is -2.31. The number of imidazole rings is 1. The third-order valence-electron chi connectivity index (χ3n) is 5.16. The van der Waals surface area contributed by atoms with E-state index in [1.165, 1.54) is 6.20 Å². The number of amides is 1. The van der Waals surface area contributed by atoms with E-state index in [1.807, 2.05) is 17.3 Å². The van der Waals surface area contributed by atoms with Gasteiger partial charge in [-0.2, -0.15) is 5.10 Å². The van der Waals surface area contributed by atoms with E-state index in [9.17, 15) is 4.79 Å². The molecule has 2 aliphatic rings. The van der Waals surface area contributed by atoms with Crippen LogP contribution in [0.1, 0.15) is 23.2 Å². The van der Waals surface area contributed by atoms with E-state index in [4.69, 9.17) is 16.3 Å². The number of carbonyl (C=O) groups excluding carboxylic acids is 1.